The van der Waals surface area contributed by atoms with Crippen molar-refractivity contribution in [2.75, 3.05) is 13.7 Å². The molecule has 0 unspecified atom stereocenters. The van der Waals surface area contributed by atoms with Crippen molar-refractivity contribution in [3.63, 3.8) is 0 Å². The molecule has 0 bridgehead atoms. The average molecular weight is 291 g/mol. The largest absolute Gasteiger partial charge is 0.508 e. The van der Waals surface area contributed by atoms with Gasteiger partial charge in [-0.1, -0.05) is 19.1 Å². The lowest BCUT2D eigenvalue weighted by Gasteiger charge is -2.33. The second-order valence-corrected chi connectivity index (χ2v) is 5.84. The van der Waals surface area contributed by atoms with Crippen LogP contribution in [-0.4, -0.2) is 35.7 Å². The zero-order chi connectivity index (χ0) is 15.4. The number of phenols is 1. The number of carbonyl (C=O) groups is 1. The van der Waals surface area contributed by atoms with Gasteiger partial charge in [-0.15, -0.1) is 0 Å². The van der Waals surface area contributed by atoms with Crippen LogP contribution in [0, 0.1) is 5.92 Å². The fraction of sp³-hybridized carbons (Fsp3) is 0.588. The molecule has 1 fully saturated rings. The summed E-state index contributed by atoms with van der Waals surface area (Å²) < 4.78 is 5.64. The van der Waals surface area contributed by atoms with Gasteiger partial charge in [0.1, 0.15) is 5.75 Å². The van der Waals surface area contributed by atoms with E-state index in [1.54, 1.807) is 23.1 Å². The number of amides is 1. The second-order valence-electron chi connectivity index (χ2n) is 5.84. The molecule has 0 saturated carbocycles. The SMILES string of the molecule is CC[C@@H]1C[C@H](C(=O)N(C)[C@@H](C)c2cccc(O)c2)CCO1. The molecule has 21 heavy (non-hydrogen) atoms. The molecule has 1 heterocycles. The van der Waals surface area contributed by atoms with Crippen molar-refractivity contribution in [3.05, 3.63) is 29.8 Å². The number of hydrogen-bond donors (Lipinski definition) is 1. The minimum Gasteiger partial charge on any atom is -0.508 e. The van der Waals surface area contributed by atoms with Crippen LogP contribution in [0.25, 0.3) is 0 Å². The Balaban J connectivity index is 2.04. The van der Waals surface area contributed by atoms with Crippen molar-refractivity contribution in [1.29, 1.82) is 0 Å². The molecular formula is C17H25NO3. The van der Waals surface area contributed by atoms with Crippen molar-refractivity contribution in [2.45, 2.75) is 45.3 Å². The third kappa shape index (κ3) is 3.76. The maximum absolute atomic E-state index is 12.7. The minimum absolute atomic E-state index is 0.0486. The molecule has 0 aromatic heterocycles. The Morgan fingerprint density at radius 2 is 2.29 bits per heavy atom. The maximum atomic E-state index is 12.7. The van der Waals surface area contributed by atoms with Crippen molar-refractivity contribution < 1.29 is 14.6 Å². The Morgan fingerprint density at radius 1 is 1.52 bits per heavy atom. The highest BCUT2D eigenvalue weighted by Gasteiger charge is 2.30. The maximum Gasteiger partial charge on any atom is 0.226 e. The third-order valence-electron chi connectivity index (χ3n) is 4.45. The smallest absolute Gasteiger partial charge is 0.226 e. The fourth-order valence-corrected chi connectivity index (χ4v) is 2.88. The van der Waals surface area contributed by atoms with E-state index in [1.807, 2.05) is 20.0 Å². The van der Waals surface area contributed by atoms with Crippen LogP contribution in [0.5, 0.6) is 5.75 Å². The monoisotopic (exact) mass is 291 g/mol. The van der Waals surface area contributed by atoms with Gasteiger partial charge in [-0.2, -0.15) is 0 Å². The molecule has 1 amide bonds. The van der Waals surface area contributed by atoms with Gasteiger partial charge < -0.3 is 14.7 Å². The Kier molecular flexibility index (Phi) is 5.23. The summed E-state index contributed by atoms with van der Waals surface area (Å²) in [5.74, 6) is 0.457. The van der Waals surface area contributed by atoms with Gasteiger partial charge in [-0.25, -0.2) is 0 Å². The number of ether oxygens (including phenoxy) is 1. The van der Waals surface area contributed by atoms with E-state index in [2.05, 4.69) is 6.92 Å². The molecule has 0 spiro atoms. The predicted octanol–water partition coefficient (Wildman–Crippen LogP) is 3.12. The first-order valence-electron chi connectivity index (χ1n) is 7.70. The number of nitrogens with zero attached hydrogens (tertiary/aromatic N) is 1. The molecule has 0 aliphatic carbocycles. The van der Waals surface area contributed by atoms with Crippen molar-refractivity contribution in [1.82, 2.24) is 4.90 Å². The first kappa shape index (κ1) is 15.8. The predicted molar refractivity (Wildman–Crippen MR) is 82.0 cm³/mol. The van der Waals surface area contributed by atoms with Crippen molar-refractivity contribution in [3.8, 4) is 5.75 Å². The topological polar surface area (TPSA) is 49.8 Å². The summed E-state index contributed by atoms with van der Waals surface area (Å²) in [5.41, 5.74) is 0.949. The van der Waals surface area contributed by atoms with E-state index >= 15 is 0 Å². The molecule has 1 aromatic carbocycles. The Labute approximate surface area is 126 Å². The number of rotatable bonds is 4. The van der Waals surface area contributed by atoms with Crippen LogP contribution < -0.4 is 0 Å². The summed E-state index contributed by atoms with van der Waals surface area (Å²) in [5, 5.41) is 9.58. The van der Waals surface area contributed by atoms with E-state index in [-0.39, 0.29) is 29.7 Å². The lowest BCUT2D eigenvalue weighted by molar-refractivity contribution is -0.141. The molecule has 1 aliphatic heterocycles. The standard InChI is InChI=1S/C17H25NO3/c1-4-16-11-14(8-9-21-16)17(20)18(3)12(2)13-6-5-7-15(19)10-13/h5-7,10,12,14,16,19H,4,8-9,11H2,1-3H3/t12-,14+,16+/m0/s1. The van der Waals surface area contributed by atoms with E-state index in [0.717, 1.165) is 24.8 Å². The zero-order valence-electron chi connectivity index (χ0n) is 13.1. The highest BCUT2D eigenvalue weighted by atomic mass is 16.5. The van der Waals surface area contributed by atoms with Crippen LogP contribution in [0.2, 0.25) is 0 Å². The summed E-state index contributed by atoms with van der Waals surface area (Å²) in [6.45, 7) is 4.75. The summed E-state index contributed by atoms with van der Waals surface area (Å²) in [4.78, 5) is 14.5. The number of benzene rings is 1. The first-order chi connectivity index (χ1) is 10.0. The van der Waals surface area contributed by atoms with Gasteiger partial charge in [0, 0.05) is 19.6 Å². The van der Waals surface area contributed by atoms with Gasteiger partial charge in [-0.3, -0.25) is 4.79 Å². The van der Waals surface area contributed by atoms with E-state index in [1.165, 1.54) is 0 Å². The lowest BCUT2D eigenvalue weighted by atomic mass is 9.92. The van der Waals surface area contributed by atoms with Crippen LogP contribution in [-0.2, 0) is 9.53 Å². The molecule has 0 radical (unpaired) electrons. The van der Waals surface area contributed by atoms with E-state index < -0.39 is 0 Å². The number of phenolic OH excluding ortho intramolecular Hbond substituents is 1. The van der Waals surface area contributed by atoms with Crippen molar-refractivity contribution in [2.24, 2.45) is 5.92 Å². The Hall–Kier alpha value is -1.55. The summed E-state index contributed by atoms with van der Waals surface area (Å²) >= 11 is 0. The molecule has 4 nitrogen and oxygen atoms in total. The molecule has 1 saturated heterocycles. The number of carbonyl (C=O) groups excluding carboxylic acids is 1. The summed E-state index contributed by atoms with van der Waals surface area (Å²) in [6.07, 6.45) is 2.77. The van der Waals surface area contributed by atoms with Crippen LogP contribution in [0.3, 0.4) is 0 Å². The second kappa shape index (κ2) is 6.94. The molecular weight excluding hydrogens is 266 g/mol. The van der Waals surface area contributed by atoms with Gasteiger partial charge in [0.25, 0.3) is 0 Å². The number of hydrogen-bond acceptors (Lipinski definition) is 3. The first-order valence-corrected chi connectivity index (χ1v) is 7.70. The molecule has 1 N–H and O–H groups in total. The number of aromatic hydroxyl groups is 1. The van der Waals surface area contributed by atoms with Gasteiger partial charge >= 0.3 is 0 Å². The van der Waals surface area contributed by atoms with Gasteiger partial charge in [0.2, 0.25) is 5.91 Å². The van der Waals surface area contributed by atoms with Crippen LogP contribution >= 0.6 is 0 Å². The van der Waals surface area contributed by atoms with Gasteiger partial charge in [-0.05, 0) is 43.9 Å². The molecule has 1 aromatic rings. The molecule has 3 atom stereocenters. The average Bonchev–Trinajstić information content (AvgIpc) is 2.52. The highest BCUT2D eigenvalue weighted by Crippen LogP contribution is 2.28. The fourth-order valence-electron chi connectivity index (χ4n) is 2.88. The van der Waals surface area contributed by atoms with E-state index in [9.17, 15) is 9.90 Å². The Bertz CT molecular complexity index is 489. The molecule has 4 heteroatoms. The third-order valence-corrected chi connectivity index (χ3v) is 4.45. The zero-order valence-corrected chi connectivity index (χ0v) is 13.1. The van der Waals surface area contributed by atoms with Crippen LogP contribution in [0.15, 0.2) is 24.3 Å². The quantitative estimate of drug-likeness (QED) is 0.927. The lowest BCUT2D eigenvalue weighted by Crippen LogP contribution is -2.39. The normalized spacial score (nSPS) is 23.6. The molecule has 116 valence electrons. The van der Waals surface area contributed by atoms with E-state index in [0.29, 0.717) is 6.61 Å². The molecule has 1 aliphatic rings. The van der Waals surface area contributed by atoms with Gasteiger partial charge in [0.05, 0.1) is 12.1 Å². The highest BCUT2D eigenvalue weighted by molar-refractivity contribution is 5.79. The van der Waals surface area contributed by atoms with Crippen LogP contribution in [0.1, 0.15) is 44.7 Å². The van der Waals surface area contributed by atoms with Crippen LogP contribution in [0.4, 0.5) is 0 Å². The van der Waals surface area contributed by atoms with Crippen molar-refractivity contribution >= 4 is 5.91 Å². The minimum atomic E-state index is -0.0486. The summed E-state index contributed by atoms with van der Waals surface area (Å²) in [7, 11) is 1.84. The van der Waals surface area contributed by atoms with Gasteiger partial charge in [0.15, 0.2) is 0 Å². The van der Waals surface area contributed by atoms with E-state index in [4.69, 9.17) is 4.74 Å². The summed E-state index contributed by atoms with van der Waals surface area (Å²) in [6, 6.07) is 7.05. The Morgan fingerprint density at radius 3 is 2.95 bits per heavy atom. The molecule has 2 rings (SSSR count).